The van der Waals surface area contributed by atoms with Gasteiger partial charge in [-0.05, 0) is 55.0 Å². The topological polar surface area (TPSA) is 86.4 Å². The summed E-state index contributed by atoms with van der Waals surface area (Å²) in [5.74, 6) is 1.56. The third kappa shape index (κ3) is 6.70. The first-order chi connectivity index (χ1) is 14.9. The maximum atomic E-state index is 12.3. The Balaban J connectivity index is 1.48. The van der Waals surface area contributed by atoms with Gasteiger partial charge >= 0.3 is 6.03 Å². The van der Waals surface area contributed by atoms with Crippen molar-refractivity contribution in [2.75, 3.05) is 35.2 Å². The molecule has 0 spiro atoms. The molecular formula is C24H33N5O2. The highest BCUT2D eigenvalue weighted by Gasteiger charge is 2.25. The number of urea groups is 1. The molecule has 166 valence electrons. The number of benzene rings is 1. The lowest BCUT2D eigenvalue weighted by molar-refractivity contribution is -0.125. The summed E-state index contributed by atoms with van der Waals surface area (Å²) in [6.07, 6.45) is 4.23. The number of anilines is 3. The minimum atomic E-state index is -0.295. The lowest BCUT2D eigenvalue weighted by Crippen LogP contribution is -2.41. The minimum absolute atomic E-state index is 0.0749. The predicted molar refractivity (Wildman–Crippen MR) is 125 cm³/mol. The molecule has 1 aliphatic heterocycles. The molecule has 1 aromatic carbocycles. The molecule has 3 amide bonds. The summed E-state index contributed by atoms with van der Waals surface area (Å²) in [5.41, 5.74) is 2.57. The first kappa shape index (κ1) is 22.6. The van der Waals surface area contributed by atoms with Crippen LogP contribution in [-0.2, 0) is 11.2 Å². The molecule has 1 aromatic heterocycles. The Morgan fingerprint density at radius 1 is 1.10 bits per heavy atom. The van der Waals surface area contributed by atoms with Crippen molar-refractivity contribution in [3.63, 3.8) is 0 Å². The Labute approximate surface area is 184 Å². The standard InChI is InChI=1S/C24H33N5O2/c1-4-18-6-5-7-20(14-18)27-24(31)28-21-8-9-22(25-16-21)29-12-10-19(11-13-29)23(30)26-15-17(2)3/h5-9,14,16-17,19H,4,10-13,15H2,1-3H3,(H,26,30)(H2,27,28,31). The fraction of sp³-hybridized carbons (Fsp3) is 0.458. The van der Waals surface area contributed by atoms with E-state index in [1.165, 1.54) is 5.56 Å². The third-order valence-corrected chi connectivity index (χ3v) is 5.47. The zero-order valence-electron chi connectivity index (χ0n) is 18.6. The van der Waals surface area contributed by atoms with Crippen LogP contribution in [0.5, 0.6) is 0 Å². The predicted octanol–water partition coefficient (Wildman–Crippen LogP) is 4.28. The number of piperidine rings is 1. The van der Waals surface area contributed by atoms with Crippen molar-refractivity contribution in [3.05, 3.63) is 48.2 Å². The molecule has 2 aromatic rings. The largest absolute Gasteiger partial charge is 0.357 e. The number of amides is 3. The summed E-state index contributed by atoms with van der Waals surface area (Å²) in [5, 5.41) is 8.71. The zero-order chi connectivity index (χ0) is 22.2. The Morgan fingerprint density at radius 3 is 2.48 bits per heavy atom. The lowest BCUT2D eigenvalue weighted by Gasteiger charge is -2.32. The second kappa shape index (κ2) is 10.8. The van der Waals surface area contributed by atoms with Gasteiger partial charge in [0.05, 0.1) is 11.9 Å². The highest BCUT2D eigenvalue weighted by Crippen LogP contribution is 2.23. The first-order valence-corrected chi connectivity index (χ1v) is 11.1. The molecule has 0 atom stereocenters. The Kier molecular flexibility index (Phi) is 7.87. The van der Waals surface area contributed by atoms with Crippen molar-refractivity contribution >= 4 is 29.1 Å². The number of nitrogens with one attached hydrogen (secondary N) is 3. The number of aromatic nitrogens is 1. The molecule has 1 fully saturated rings. The smallest absolute Gasteiger partial charge is 0.323 e. The number of nitrogens with zero attached hydrogens (tertiary/aromatic N) is 2. The molecule has 3 rings (SSSR count). The number of hydrogen-bond donors (Lipinski definition) is 3. The summed E-state index contributed by atoms with van der Waals surface area (Å²) >= 11 is 0. The lowest BCUT2D eigenvalue weighted by atomic mass is 9.95. The van der Waals surface area contributed by atoms with Crippen molar-refractivity contribution in [2.45, 2.75) is 40.0 Å². The highest BCUT2D eigenvalue weighted by atomic mass is 16.2. The second-order valence-corrected chi connectivity index (χ2v) is 8.44. The molecule has 1 aliphatic rings. The summed E-state index contributed by atoms with van der Waals surface area (Å²) < 4.78 is 0. The number of rotatable bonds is 7. The van der Waals surface area contributed by atoms with Crippen LogP contribution in [-0.4, -0.2) is 36.6 Å². The Bertz CT molecular complexity index is 874. The molecule has 1 saturated heterocycles. The summed E-state index contributed by atoms with van der Waals surface area (Å²) in [6.45, 7) is 8.60. The number of pyridine rings is 1. The molecule has 2 heterocycles. The van der Waals surface area contributed by atoms with Gasteiger partial charge in [-0.1, -0.05) is 32.9 Å². The maximum absolute atomic E-state index is 12.3. The van der Waals surface area contributed by atoms with Gasteiger partial charge in [-0.25, -0.2) is 9.78 Å². The van der Waals surface area contributed by atoms with Gasteiger partial charge < -0.3 is 20.9 Å². The van der Waals surface area contributed by atoms with E-state index in [9.17, 15) is 9.59 Å². The summed E-state index contributed by atoms with van der Waals surface area (Å²) in [4.78, 5) is 31.2. The quantitative estimate of drug-likeness (QED) is 0.620. The van der Waals surface area contributed by atoms with Crippen LogP contribution in [0, 0.1) is 11.8 Å². The van der Waals surface area contributed by atoms with Crippen LogP contribution >= 0.6 is 0 Å². The van der Waals surface area contributed by atoms with Gasteiger partial charge in [-0.2, -0.15) is 0 Å². The Hall–Kier alpha value is -3.09. The average molecular weight is 424 g/mol. The number of carbonyl (C=O) groups is 2. The molecule has 0 saturated carbocycles. The van der Waals surface area contributed by atoms with E-state index in [1.54, 1.807) is 6.20 Å². The van der Waals surface area contributed by atoms with Crippen molar-refractivity contribution in [1.29, 1.82) is 0 Å². The normalized spacial score (nSPS) is 14.4. The molecule has 0 aliphatic carbocycles. The van der Waals surface area contributed by atoms with Crippen LogP contribution < -0.4 is 20.9 Å². The van der Waals surface area contributed by atoms with Crippen molar-refractivity contribution < 1.29 is 9.59 Å². The molecular weight excluding hydrogens is 390 g/mol. The molecule has 0 bridgehead atoms. The van der Waals surface area contributed by atoms with E-state index in [1.807, 2.05) is 36.4 Å². The van der Waals surface area contributed by atoms with Crippen molar-refractivity contribution in [1.82, 2.24) is 10.3 Å². The SMILES string of the molecule is CCc1cccc(NC(=O)Nc2ccc(N3CCC(C(=O)NCC(C)C)CC3)nc2)c1. The first-order valence-electron chi connectivity index (χ1n) is 11.1. The van der Waals surface area contributed by atoms with Gasteiger partial charge in [0.25, 0.3) is 0 Å². The zero-order valence-corrected chi connectivity index (χ0v) is 18.6. The summed E-state index contributed by atoms with van der Waals surface area (Å²) in [6, 6.07) is 11.3. The van der Waals surface area contributed by atoms with Crippen molar-refractivity contribution in [3.8, 4) is 0 Å². The highest BCUT2D eigenvalue weighted by molar-refractivity contribution is 5.99. The van der Waals surface area contributed by atoms with E-state index in [0.29, 0.717) is 11.6 Å². The van der Waals surface area contributed by atoms with Crippen LogP contribution in [0.2, 0.25) is 0 Å². The van der Waals surface area contributed by atoms with Crippen LogP contribution in [0.1, 0.15) is 39.2 Å². The molecule has 0 radical (unpaired) electrons. The van der Waals surface area contributed by atoms with Gasteiger partial charge in [-0.3, -0.25) is 4.79 Å². The van der Waals surface area contributed by atoms with Crippen LogP contribution in [0.25, 0.3) is 0 Å². The van der Waals surface area contributed by atoms with E-state index >= 15 is 0 Å². The number of carbonyl (C=O) groups excluding carboxylic acids is 2. The molecule has 31 heavy (non-hydrogen) atoms. The third-order valence-electron chi connectivity index (χ3n) is 5.47. The second-order valence-electron chi connectivity index (χ2n) is 8.44. The van der Waals surface area contributed by atoms with Crippen LogP contribution in [0.3, 0.4) is 0 Å². The monoisotopic (exact) mass is 423 g/mol. The fourth-order valence-electron chi connectivity index (χ4n) is 3.63. The molecule has 0 unspecified atom stereocenters. The van der Waals surface area contributed by atoms with E-state index in [0.717, 1.165) is 50.4 Å². The van der Waals surface area contributed by atoms with Crippen LogP contribution in [0.15, 0.2) is 42.6 Å². The van der Waals surface area contributed by atoms with Gasteiger partial charge in [0.15, 0.2) is 0 Å². The van der Waals surface area contributed by atoms with Gasteiger partial charge in [0, 0.05) is 31.2 Å². The van der Waals surface area contributed by atoms with Gasteiger partial charge in [0.2, 0.25) is 5.91 Å². The molecule has 3 N–H and O–H groups in total. The number of aryl methyl sites for hydroxylation is 1. The van der Waals surface area contributed by atoms with E-state index in [2.05, 4.69) is 46.6 Å². The van der Waals surface area contributed by atoms with Gasteiger partial charge in [0.1, 0.15) is 5.82 Å². The summed E-state index contributed by atoms with van der Waals surface area (Å²) in [7, 11) is 0. The number of hydrogen-bond acceptors (Lipinski definition) is 4. The average Bonchev–Trinajstić information content (AvgIpc) is 2.78. The van der Waals surface area contributed by atoms with Crippen LogP contribution in [0.4, 0.5) is 22.0 Å². The van der Waals surface area contributed by atoms with E-state index in [-0.39, 0.29) is 17.9 Å². The molecule has 7 nitrogen and oxygen atoms in total. The Morgan fingerprint density at radius 2 is 1.84 bits per heavy atom. The van der Waals surface area contributed by atoms with E-state index in [4.69, 9.17) is 0 Å². The van der Waals surface area contributed by atoms with Crippen molar-refractivity contribution in [2.24, 2.45) is 11.8 Å². The van der Waals surface area contributed by atoms with Gasteiger partial charge in [-0.15, -0.1) is 0 Å². The fourth-order valence-corrected chi connectivity index (χ4v) is 3.63. The maximum Gasteiger partial charge on any atom is 0.323 e. The minimum Gasteiger partial charge on any atom is -0.357 e. The van der Waals surface area contributed by atoms with E-state index < -0.39 is 0 Å². The molecule has 7 heteroatoms.